The molecule has 0 aliphatic heterocycles. The van der Waals surface area contributed by atoms with E-state index in [1.54, 1.807) is 6.92 Å². The third-order valence-corrected chi connectivity index (χ3v) is 5.00. The SMILES string of the molecule is Cc1nn(-c2ccc(F)cc2)c(Cl)c1C=CC(=O)OCc1nnc(-c2ccc([N+](=O)[O-])cc2)o1. The summed E-state index contributed by atoms with van der Waals surface area (Å²) in [7, 11) is 0. The molecule has 0 saturated carbocycles. The summed E-state index contributed by atoms with van der Waals surface area (Å²) in [5.74, 6) is -0.881. The first-order valence-electron chi connectivity index (χ1n) is 9.75. The Bertz CT molecular complexity index is 1380. The van der Waals surface area contributed by atoms with Gasteiger partial charge in [0.1, 0.15) is 11.0 Å². The van der Waals surface area contributed by atoms with Gasteiger partial charge in [0.05, 0.1) is 16.3 Å². The first-order chi connectivity index (χ1) is 16.3. The van der Waals surface area contributed by atoms with Crippen molar-refractivity contribution in [2.24, 2.45) is 0 Å². The molecule has 4 rings (SSSR count). The molecule has 0 amide bonds. The maximum absolute atomic E-state index is 13.2. The summed E-state index contributed by atoms with van der Waals surface area (Å²) in [6, 6.07) is 11.2. The average Bonchev–Trinajstić information content (AvgIpc) is 3.41. The number of hydrogen-bond donors (Lipinski definition) is 0. The molecule has 2 aromatic heterocycles. The van der Waals surface area contributed by atoms with Crippen molar-refractivity contribution in [2.45, 2.75) is 13.5 Å². The lowest BCUT2D eigenvalue weighted by molar-refractivity contribution is -0.384. The highest BCUT2D eigenvalue weighted by atomic mass is 35.5. The number of carbonyl (C=O) groups is 1. The number of benzene rings is 2. The summed E-state index contributed by atoms with van der Waals surface area (Å²) in [6.45, 7) is 1.44. The molecule has 12 heteroatoms. The lowest BCUT2D eigenvalue weighted by Crippen LogP contribution is -2.01. The zero-order chi connectivity index (χ0) is 24.2. The van der Waals surface area contributed by atoms with Gasteiger partial charge in [-0.15, -0.1) is 10.2 Å². The van der Waals surface area contributed by atoms with Gasteiger partial charge in [-0.05, 0) is 49.4 Å². The van der Waals surface area contributed by atoms with Gasteiger partial charge in [-0.3, -0.25) is 10.1 Å². The molecule has 0 aliphatic rings. The van der Waals surface area contributed by atoms with E-state index < -0.39 is 10.9 Å². The molecule has 0 atom stereocenters. The quantitative estimate of drug-likeness (QED) is 0.160. The van der Waals surface area contributed by atoms with Gasteiger partial charge in [0.2, 0.25) is 5.89 Å². The molecule has 0 N–H and O–H groups in total. The number of rotatable bonds is 7. The van der Waals surface area contributed by atoms with Crippen LogP contribution in [0.15, 0.2) is 59.0 Å². The molecule has 10 nitrogen and oxygen atoms in total. The van der Waals surface area contributed by atoms with E-state index in [1.165, 1.54) is 65.4 Å². The third-order valence-electron chi connectivity index (χ3n) is 4.64. The predicted molar refractivity (Wildman–Crippen MR) is 118 cm³/mol. The summed E-state index contributed by atoms with van der Waals surface area (Å²) >= 11 is 6.38. The monoisotopic (exact) mass is 483 g/mol. The minimum atomic E-state index is -0.680. The van der Waals surface area contributed by atoms with Crippen LogP contribution in [0.5, 0.6) is 0 Å². The molecule has 0 saturated heterocycles. The Kier molecular flexibility index (Phi) is 6.46. The maximum Gasteiger partial charge on any atom is 0.331 e. The number of carbonyl (C=O) groups excluding carboxylic acids is 1. The maximum atomic E-state index is 13.2. The molecule has 0 aliphatic carbocycles. The molecule has 34 heavy (non-hydrogen) atoms. The standard InChI is InChI=1S/C22H15ClFN5O5/c1-13-18(21(23)28(27-13)16-8-4-15(24)5-9-16)10-11-20(30)33-12-19-25-26-22(34-19)14-2-6-17(7-3-14)29(31)32/h2-11H,12H2,1H3. The molecule has 0 unspecified atom stereocenters. The van der Waals surface area contributed by atoms with Crippen molar-refractivity contribution in [3.8, 4) is 17.1 Å². The van der Waals surface area contributed by atoms with Crippen LogP contribution in [-0.2, 0) is 16.1 Å². The van der Waals surface area contributed by atoms with E-state index in [4.69, 9.17) is 20.8 Å². The molecule has 2 heterocycles. The van der Waals surface area contributed by atoms with Crippen LogP contribution >= 0.6 is 11.6 Å². The number of aryl methyl sites for hydroxylation is 1. The minimum Gasteiger partial charge on any atom is -0.452 e. The van der Waals surface area contributed by atoms with Crippen molar-refractivity contribution in [3.05, 3.63) is 92.8 Å². The average molecular weight is 484 g/mol. The number of nitrogens with zero attached hydrogens (tertiary/aromatic N) is 5. The zero-order valence-corrected chi connectivity index (χ0v) is 18.3. The fraction of sp³-hybridized carbons (Fsp3) is 0.0909. The van der Waals surface area contributed by atoms with Crippen LogP contribution in [0, 0.1) is 22.9 Å². The lowest BCUT2D eigenvalue weighted by atomic mass is 10.2. The molecular weight excluding hydrogens is 469 g/mol. The van der Waals surface area contributed by atoms with Gasteiger partial charge in [-0.2, -0.15) is 5.10 Å². The summed E-state index contributed by atoms with van der Waals surface area (Å²) in [4.78, 5) is 22.4. The molecule has 4 aromatic rings. The minimum absolute atomic E-state index is 0.0495. The number of hydrogen-bond acceptors (Lipinski definition) is 8. The molecule has 0 radical (unpaired) electrons. The fourth-order valence-electron chi connectivity index (χ4n) is 2.94. The Morgan fingerprint density at radius 1 is 1.21 bits per heavy atom. The van der Waals surface area contributed by atoms with Crippen molar-refractivity contribution in [1.82, 2.24) is 20.0 Å². The Morgan fingerprint density at radius 2 is 1.91 bits per heavy atom. The number of halogens is 2. The molecule has 0 bridgehead atoms. The van der Waals surface area contributed by atoms with Crippen molar-refractivity contribution < 1.29 is 23.3 Å². The van der Waals surface area contributed by atoms with Gasteiger partial charge in [0, 0.05) is 29.3 Å². The Balaban J connectivity index is 1.39. The van der Waals surface area contributed by atoms with E-state index in [2.05, 4.69) is 15.3 Å². The predicted octanol–water partition coefficient (Wildman–Crippen LogP) is 4.69. The summed E-state index contributed by atoms with van der Waals surface area (Å²) in [5.41, 5.74) is 2.04. The van der Waals surface area contributed by atoms with Crippen molar-refractivity contribution in [3.63, 3.8) is 0 Å². The second kappa shape index (κ2) is 9.63. The largest absolute Gasteiger partial charge is 0.452 e. The van der Waals surface area contributed by atoms with E-state index in [0.717, 1.165) is 0 Å². The summed E-state index contributed by atoms with van der Waals surface area (Å²) in [6.07, 6.45) is 2.64. The van der Waals surface area contributed by atoms with Gasteiger partial charge >= 0.3 is 5.97 Å². The Morgan fingerprint density at radius 3 is 2.59 bits per heavy atom. The molecule has 0 spiro atoms. The van der Waals surface area contributed by atoms with Gasteiger partial charge in [0.25, 0.3) is 11.6 Å². The fourth-order valence-corrected chi connectivity index (χ4v) is 3.28. The molecular formula is C22H15ClFN5O5. The summed E-state index contributed by atoms with van der Waals surface area (Å²) < 4.78 is 25.1. The zero-order valence-electron chi connectivity index (χ0n) is 17.5. The van der Waals surface area contributed by atoms with E-state index in [9.17, 15) is 19.3 Å². The number of ether oxygens (including phenoxy) is 1. The highest BCUT2D eigenvalue weighted by Crippen LogP contribution is 2.25. The highest BCUT2D eigenvalue weighted by Gasteiger charge is 2.15. The Labute approximate surface area is 196 Å². The van der Waals surface area contributed by atoms with Crippen LogP contribution in [-0.4, -0.2) is 30.9 Å². The van der Waals surface area contributed by atoms with Crippen LogP contribution in [0.25, 0.3) is 23.2 Å². The van der Waals surface area contributed by atoms with Crippen LogP contribution in [0.3, 0.4) is 0 Å². The first kappa shape index (κ1) is 22.8. The molecule has 0 fully saturated rings. The van der Waals surface area contributed by atoms with E-state index in [-0.39, 0.29) is 35.0 Å². The number of esters is 1. The lowest BCUT2D eigenvalue weighted by Gasteiger charge is -2.02. The number of nitro benzene ring substituents is 1. The van der Waals surface area contributed by atoms with Gasteiger partial charge in [0.15, 0.2) is 6.61 Å². The van der Waals surface area contributed by atoms with Crippen LogP contribution < -0.4 is 0 Å². The van der Waals surface area contributed by atoms with Gasteiger partial charge in [-0.1, -0.05) is 11.6 Å². The molecule has 172 valence electrons. The van der Waals surface area contributed by atoms with Crippen molar-refractivity contribution in [2.75, 3.05) is 0 Å². The topological polar surface area (TPSA) is 126 Å². The first-order valence-corrected chi connectivity index (χ1v) is 10.1. The van der Waals surface area contributed by atoms with Crippen LogP contribution in [0.2, 0.25) is 5.15 Å². The second-order valence-electron chi connectivity index (χ2n) is 6.92. The number of nitro groups is 1. The van der Waals surface area contributed by atoms with Gasteiger partial charge < -0.3 is 9.15 Å². The van der Waals surface area contributed by atoms with Gasteiger partial charge in [-0.25, -0.2) is 13.9 Å². The van der Waals surface area contributed by atoms with Crippen molar-refractivity contribution in [1.29, 1.82) is 0 Å². The summed E-state index contributed by atoms with van der Waals surface area (Å²) in [5, 5.41) is 22.9. The Hall–Kier alpha value is -4.38. The normalized spacial score (nSPS) is 11.1. The third kappa shape index (κ3) is 4.99. The van der Waals surface area contributed by atoms with E-state index in [0.29, 0.717) is 22.5 Å². The smallest absolute Gasteiger partial charge is 0.331 e. The number of non-ortho nitro benzene ring substituents is 1. The number of aromatic nitrogens is 4. The van der Waals surface area contributed by atoms with E-state index in [1.807, 2.05) is 0 Å². The second-order valence-corrected chi connectivity index (χ2v) is 7.28. The van der Waals surface area contributed by atoms with Crippen molar-refractivity contribution >= 4 is 29.3 Å². The van der Waals surface area contributed by atoms with Crippen LogP contribution in [0.4, 0.5) is 10.1 Å². The highest BCUT2D eigenvalue weighted by molar-refractivity contribution is 6.31. The molecule has 2 aromatic carbocycles. The van der Waals surface area contributed by atoms with E-state index >= 15 is 0 Å². The van der Waals surface area contributed by atoms with Crippen LogP contribution in [0.1, 0.15) is 17.1 Å².